The predicted molar refractivity (Wildman–Crippen MR) is 75.6 cm³/mol. The van der Waals surface area contributed by atoms with Gasteiger partial charge in [0.05, 0.1) is 0 Å². The maximum Gasteiger partial charge on any atom is 0.0349 e. The van der Waals surface area contributed by atoms with Gasteiger partial charge in [0.15, 0.2) is 0 Å². The van der Waals surface area contributed by atoms with Gasteiger partial charge < -0.3 is 5.32 Å². The number of rotatable bonds is 3. The minimum atomic E-state index is 0.610. The van der Waals surface area contributed by atoms with Gasteiger partial charge in [-0.05, 0) is 43.8 Å². The first-order chi connectivity index (χ1) is 8.90. The Morgan fingerprint density at radius 3 is 2.89 bits per heavy atom. The minimum absolute atomic E-state index is 0.610. The van der Waals surface area contributed by atoms with Crippen molar-refractivity contribution in [3.05, 3.63) is 35.9 Å². The normalized spacial score (nSPS) is 30.1. The van der Waals surface area contributed by atoms with E-state index in [1.54, 1.807) is 0 Å². The van der Waals surface area contributed by atoms with Crippen LogP contribution in [0.25, 0.3) is 0 Å². The lowest BCUT2D eigenvalue weighted by atomic mass is 9.89. The molecule has 1 aromatic carbocycles. The van der Waals surface area contributed by atoms with Crippen LogP contribution in [0.5, 0.6) is 0 Å². The lowest BCUT2D eigenvalue weighted by Gasteiger charge is -2.42. The molecule has 0 aromatic heterocycles. The van der Waals surface area contributed by atoms with E-state index >= 15 is 0 Å². The largest absolute Gasteiger partial charge is 0.315 e. The van der Waals surface area contributed by atoms with Crippen LogP contribution in [0.4, 0.5) is 0 Å². The molecule has 2 saturated heterocycles. The van der Waals surface area contributed by atoms with Crippen LogP contribution in [0, 0.1) is 5.92 Å². The molecule has 3 rings (SSSR count). The van der Waals surface area contributed by atoms with Crippen LogP contribution >= 0.6 is 0 Å². The van der Waals surface area contributed by atoms with Gasteiger partial charge in [0, 0.05) is 18.6 Å². The van der Waals surface area contributed by atoms with E-state index in [2.05, 4.69) is 47.5 Å². The molecule has 3 atom stereocenters. The zero-order valence-corrected chi connectivity index (χ0v) is 11.3. The number of hydrogen-bond acceptors (Lipinski definition) is 2. The maximum absolute atomic E-state index is 3.58. The summed E-state index contributed by atoms with van der Waals surface area (Å²) in [5, 5.41) is 3.58. The van der Waals surface area contributed by atoms with E-state index in [9.17, 15) is 0 Å². The molecule has 0 amide bonds. The number of hydrogen-bond donors (Lipinski definition) is 1. The number of piperidine rings is 1. The second kappa shape index (κ2) is 5.41. The molecule has 18 heavy (non-hydrogen) atoms. The third-order valence-corrected chi connectivity index (χ3v) is 4.69. The van der Waals surface area contributed by atoms with Gasteiger partial charge in [-0.15, -0.1) is 0 Å². The molecule has 1 aromatic rings. The summed E-state index contributed by atoms with van der Waals surface area (Å²) in [6.45, 7) is 6.01. The first kappa shape index (κ1) is 12.2. The summed E-state index contributed by atoms with van der Waals surface area (Å²) in [5.41, 5.74) is 1.49. The molecule has 2 fully saturated rings. The molecule has 0 radical (unpaired) electrons. The molecule has 0 aliphatic carbocycles. The minimum Gasteiger partial charge on any atom is -0.315 e. The molecule has 1 N–H and O–H groups in total. The van der Waals surface area contributed by atoms with Gasteiger partial charge in [-0.25, -0.2) is 0 Å². The average Bonchev–Trinajstić information content (AvgIpc) is 2.90. The molecule has 2 aliphatic rings. The topological polar surface area (TPSA) is 15.3 Å². The Hall–Kier alpha value is -0.860. The van der Waals surface area contributed by atoms with Crippen LogP contribution in [0.1, 0.15) is 37.8 Å². The zero-order valence-electron chi connectivity index (χ0n) is 11.3. The Morgan fingerprint density at radius 1 is 1.28 bits per heavy atom. The number of benzene rings is 1. The standard InChI is InChI=1S/C16H24N2/c1-2-15(13-7-4-3-5-8-13)18-10-6-9-14-11-17-12-16(14)18/h3-5,7-8,14-17H,2,6,9-12H2,1H3. The van der Waals surface area contributed by atoms with Gasteiger partial charge in [0.25, 0.3) is 0 Å². The van der Waals surface area contributed by atoms with Crippen molar-refractivity contribution < 1.29 is 0 Å². The highest BCUT2D eigenvalue weighted by Crippen LogP contribution is 2.34. The summed E-state index contributed by atoms with van der Waals surface area (Å²) < 4.78 is 0. The fraction of sp³-hybridized carbons (Fsp3) is 0.625. The quantitative estimate of drug-likeness (QED) is 0.879. The van der Waals surface area contributed by atoms with Gasteiger partial charge in [-0.2, -0.15) is 0 Å². The summed E-state index contributed by atoms with van der Waals surface area (Å²) >= 11 is 0. The number of likely N-dealkylation sites (tertiary alicyclic amines) is 1. The van der Waals surface area contributed by atoms with Crippen molar-refractivity contribution in [2.75, 3.05) is 19.6 Å². The Labute approximate surface area is 110 Å². The van der Waals surface area contributed by atoms with E-state index in [1.807, 2.05) is 0 Å². The van der Waals surface area contributed by atoms with Crippen LogP contribution in [-0.2, 0) is 0 Å². The Bertz CT molecular complexity index is 376. The first-order valence-electron chi connectivity index (χ1n) is 7.41. The molecule has 3 unspecified atom stereocenters. The fourth-order valence-corrected chi connectivity index (χ4v) is 3.83. The van der Waals surface area contributed by atoms with Gasteiger partial charge in [-0.1, -0.05) is 37.3 Å². The molecular weight excluding hydrogens is 220 g/mol. The Kier molecular flexibility index (Phi) is 3.67. The zero-order chi connectivity index (χ0) is 12.4. The van der Waals surface area contributed by atoms with Crippen LogP contribution in [0.3, 0.4) is 0 Å². The highest BCUT2D eigenvalue weighted by Gasteiger charge is 2.37. The first-order valence-corrected chi connectivity index (χ1v) is 7.41. The van der Waals surface area contributed by atoms with E-state index in [0.29, 0.717) is 6.04 Å². The Balaban J connectivity index is 1.82. The average molecular weight is 244 g/mol. The molecule has 98 valence electrons. The SMILES string of the molecule is CCC(c1ccccc1)N1CCCC2CNCC21. The molecule has 2 heterocycles. The third kappa shape index (κ3) is 2.19. The van der Waals surface area contributed by atoms with Crippen molar-refractivity contribution >= 4 is 0 Å². The molecule has 0 saturated carbocycles. The van der Waals surface area contributed by atoms with Crippen LogP contribution in [-0.4, -0.2) is 30.6 Å². The highest BCUT2D eigenvalue weighted by molar-refractivity contribution is 5.19. The molecule has 2 aliphatic heterocycles. The van der Waals surface area contributed by atoms with E-state index in [4.69, 9.17) is 0 Å². The molecule has 2 heteroatoms. The lowest BCUT2D eigenvalue weighted by Crippen LogP contribution is -2.46. The maximum atomic E-state index is 3.58. The molecule has 0 spiro atoms. The number of fused-ring (bicyclic) bond motifs is 1. The Morgan fingerprint density at radius 2 is 2.11 bits per heavy atom. The lowest BCUT2D eigenvalue weighted by molar-refractivity contribution is 0.0744. The predicted octanol–water partition coefficient (Wildman–Crippen LogP) is 2.82. The third-order valence-electron chi connectivity index (χ3n) is 4.69. The monoisotopic (exact) mass is 244 g/mol. The summed E-state index contributed by atoms with van der Waals surface area (Å²) in [7, 11) is 0. The van der Waals surface area contributed by atoms with Crippen molar-refractivity contribution in [2.45, 2.75) is 38.3 Å². The fourth-order valence-electron chi connectivity index (χ4n) is 3.83. The summed E-state index contributed by atoms with van der Waals surface area (Å²) in [6, 6.07) is 12.4. The van der Waals surface area contributed by atoms with E-state index in [0.717, 1.165) is 12.0 Å². The van der Waals surface area contributed by atoms with E-state index < -0.39 is 0 Å². The van der Waals surface area contributed by atoms with Gasteiger partial charge in [0.2, 0.25) is 0 Å². The highest BCUT2D eigenvalue weighted by atomic mass is 15.2. The smallest absolute Gasteiger partial charge is 0.0349 e. The molecule has 2 nitrogen and oxygen atoms in total. The van der Waals surface area contributed by atoms with Crippen LogP contribution < -0.4 is 5.32 Å². The number of nitrogens with one attached hydrogen (secondary N) is 1. The summed E-state index contributed by atoms with van der Waals surface area (Å²) in [5.74, 6) is 0.886. The van der Waals surface area contributed by atoms with Crippen LogP contribution in [0.15, 0.2) is 30.3 Å². The van der Waals surface area contributed by atoms with E-state index in [1.165, 1.54) is 44.5 Å². The van der Waals surface area contributed by atoms with E-state index in [-0.39, 0.29) is 0 Å². The number of nitrogens with zero attached hydrogens (tertiary/aromatic N) is 1. The summed E-state index contributed by atoms with van der Waals surface area (Å²) in [6.07, 6.45) is 4.00. The summed E-state index contributed by atoms with van der Waals surface area (Å²) in [4.78, 5) is 2.77. The van der Waals surface area contributed by atoms with Crippen molar-refractivity contribution in [1.29, 1.82) is 0 Å². The van der Waals surface area contributed by atoms with Crippen molar-refractivity contribution in [3.63, 3.8) is 0 Å². The van der Waals surface area contributed by atoms with Crippen LogP contribution in [0.2, 0.25) is 0 Å². The van der Waals surface area contributed by atoms with Gasteiger partial charge in [0.1, 0.15) is 0 Å². The van der Waals surface area contributed by atoms with Gasteiger partial charge >= 0.3 is 0 Å². The van der Waals surface area contributed by atoms with Crippen molar-refractivity contribution in [3.8, 4) is 0 Å². The van der Waals surface area contributed by atoms with Gasteiger partial charge in [-0.3, -0.25) is 4.90 Å². The molecule has 0 bridgehead atoms. The second-order valence-electron chi connectivity index (χ2n) is 5.70. The van der Waals surface area contributed by atoms with Crippen molar-refractivity contribution in [1.82, 2.24) is 10.2 Å². The second-order valence-corrected chi connectivity index (χ2v) is 5.70. The molecular formula is C16H24N2. The van der Waals surface area contributed by atoms with Crippen molar-refractivity contribution in [2.24, 2.45) is 5.92 Å².